The monoisotopic (exact) mass is 497 g/mol. The molecule has 1 saturated heterocycles. The Balaban J connectivity index is 1.58. The lowest BCUT2D eigenvalue weighted by molar-refractivity contribution is -0.138. The van der Waals surface area contributed by atoms with Crippen molar-refractivity contribution in [2.24, 2.45) is 0 Å². The van der Waals surface area contributed by atoms with E-state index in [1.807, 2.05) is 29.2 Å². The summed E-state index contributed by atoms with van der Waals surface area (Å²) in [5.74, 6) is 1.02. The number of benzene rings is 1. The maximum atomic E-state index is 13.7. The number of nitrogens with zero attached hydrogens (tertiary/aromatic N) is 3. The first-order chi connectivity index (χ1) is 17.7. The summed E-state index contributed by atoms with van der Waals surface area (Å²) in [4.78, 5) is 33.8. The van der Waals surface area contributed by atoms with Gasteiger partial charge in [-0.25, -0.2) is 0 Å². The first-order valence-electron chi connectivity index (χ1n) is 14.7. The van der Waals surface area contributed by atoms with Gasteiger partial charge in [0.2, 0.25) is 5.91 Å². The highest BCUT2D eigenvalue weighted by Gasteiger charge is 2.35. The molecule has 2 atom stereocenters. The second-order valence-electron chi connectivity index (χ2n) is 11.0. The molecule has 0 N–H and O–H groups in total. The van der Waals surface area contributed by atoms with E-state index in [4.69, 9.17) is 4.74 Å². The number of piperidine rings is 1. The molecule has 0 radical (unpaired) electrons. The van der Waals surface area contributed by atoms with Gasteiger partial charge in [-0.3, -0.25) is 14.5 Å². The van der Waals surface area contributed by atoms with Gasteiger partial charge in [0.25, 0.3) is 5.91 Å². The van der Waals surface area contributed by atoms with Crippen molar-refractivity contribution in [3.63, 3.8) is 0 Å². The Hall–Kier alpha value is -2.08. The van der Waals surface area contributed by atoms with Crippen LogP contribution in [0.2, 0.25) is 0 Å². The van der Waals surface area contributed by atoms with Crippen LogP contribution in [-0.2, 0) is 4.79 Å². The third kappa shape index (κ3) is 7.24. The van der Waals surface area contributed by atoms with Gasteiger partial charge in [0, 0.05) is 19.6 Å². The van der Waals surface area contributed by atoms with E-state index in [0.717, 1.165) is 96.9 Å². The first kappa shape index (κ1) is 27.0. The Morgan fingerprint density at radius 3 is 2.33 bits per heavy atom. The van der Waals surface area contributed by atoms with Crippen molar-refractivity contribution >= 4 is 11.8 Å². The molecule has 1 aromatic carbocycles. The molecule has 0 bridgehead atoms. The van der Waals surface area contributed by atoms with Crippen LogP contribution in [0.15, 0.2) is 24.3 Å². The minimum atomic E-state index is -0.0669. The third-order valence-electron chi connectivity index (χ3n) is 8.20. The van der Waals surface area contributed by atoms with Crippen LogP contribution in [0.25, 0.3) is 0 Å². The Kier molecular flexibility index (Phi) is 10.5. The summed E-state index contributed by atoms with van der Waals surface area (Å²) in [7, 11) is 0. The van der Waals surface area contributed by atoms with Gasteiger partial charge in [-0.05, 0) is 76.6 Å². The van der Waals surface area contributed by atoms with Crippen molar-refractivity contribution in [3.05, 3.63) is 29.8 Å². The number of likely N-dealkylation sites (tertiary alicyclic amines) is 1. The summed E-state index contributed by atoms with van der Waals surface area (Å²) in [5, 5.41) is 0. The Morgan fingerprint density at radius 1 is 0.861 bits per heavy atom. The maximum Gasteiger partial charge on any atom is 0.257 e. The number of amides is 2. The molecular formula is C30H47N3O3. The summed E-state index contributed by atoms with van der Waals surface area (Å²) in [6.45, 7) is 7.13. The molecule has 2 amide bonds. The van der Waals surface area contributed by atoms with E-state index in [2.05, 4.69) is 16.7 Å². The Bertz CT molecular complexity index is 838. The molecule has 0 aromatic heterocycles. The highest BCUT2D eigenvalue weighted by molar-refractivity contribution is 5.97. The molecule has 4 rings (SSSR count). The molecule has 3 aliphatic rings. The number of hydrogen-bond donors (Lipinski definition) is 0. The van der Waals surface area contributed by atoms with Gasteiger partial charge in [-0.15, -0.1) is 0 Å². The van der Waals surface area contributed by atoms with Gasteiger partial charge in [0.1, 0.15) is 11.9 Å². The number of carbonyl (C=O) groups excluding carboxylic acids is 2. The lowest BCUT2D eigenvalue weighted by Crippen LogP contribution is -2.53. The maximum absolute atomic E-state index is 13.7. The quantitative estimate of drug-likeness (QED) is 0.551. The van der Waals surface area contributed by atoms with Crippen molar-refractivity contribution in [1.82, 2.24) is 14.7 Å². The molecule has 2 heterocycles. The van der Waals surface area contributed by atoms with Crippen molar-refractivity contribution in [1.29, 1.82) is 0 Å². The standard InChI is InChI=1S/C30H47N3O3/c1-2-19-32-22-13-4-3-5-14-23-33(29(34)24-31-20-11-6-12-21-31)26-16-8-10-18-28(26)36-27-17-9-7-15-25(27)30(32)35/h7,9,15,17,26,28H,2-6,8,10-14,16,18-24H2,1H3/t26-,28+/m1/s1. The van der Waals surface area contributed by atoms with Crippen LogP contribution in [0.4, 0.5) is 0 Å². The van der Waals surface area contributed by atoms with E-state index in [9.17, 15) is 9.59 Å². The van der Waals surface area contributed by atoms with E-state index in [-0.39, 0.29) is 24.0 Å². The van der Waals surface area contributed by atoms with E-state index in [1.54, 1.807) is 0 Å². The van der Waals surface area contributed by atoms with E-state index >= 15 is 0 Å². The smallest absolute Gasteiger partial charge is 0.257 e. The normalized spacial score (nSPS) is 25.2. The van der Waals surface area contributed by atoms with Gasteiger partial charge in [0.15, 0.2) is 0 Å². The predicted octanol–water partition coefficient (Wildman–Crippen LogP) is 5.51. The average Bonchev–Trinajstić information content (AvgIpc) is 2.90. The Labute approximate surface area is 218 Å². The van der Waals surface area contributed by atoms with Crippen molar-refractivity contribution < 1.29 is 14.3 Å². The highest BCUT2D eigenvalue weighted by atomic mass is 16.5. The minimum absolute atomic E-state index is 0.0669. The van der Waals surface area contributed by atoms with Gasteiger partial charge < -0.3 is 14.5 Å². The molecule has 200 valence electrons. The molecule has 36 heavy (non-hydrogen) atoms. The van der Waals surface area contributed by atoms with Gasteiger partial charge >= 0.3 is 0 Å². The molecule has 1 saturated carbocycles. The number of rotatable bonds is 4. The van der Waals surface area contributed by atoms with Crippen LogP contribution < -0.4 is 4.74 Å². The van der Waals surface area contributed by atoms with E-state index < -0.39 is 0 Å². The number of ether oxygens (including phenoxy) is 1. The van der Waals surface area contributed by atoms with Gasteiger partial charge in [-0.2, -0.15) is 0 Å². The van der Waals surface area contributed by atoms with Crippen LogP contribution in [-0.4, -0.2) is 77.9 Å². The van der Waals surface area contributed by atoms with Crippen molar-refractivity contribution in [3.8, 4) is 5.75 Å². The lowest BCUT2D eigenvalue weighted by Gasteiger charge is -2.41. The molecule has 0 unspecified atom stereocenters. The molecule has 2 fully saturated rings. The topological polar surface area (TPSA) is 53.1 Å². The molecule has 6 heteroatoms. The number of para-hydroxylation sites is 1. The van der Waals surface area contributed by atoms with Crippen molar-refractivity contribution in [2.45, 2.75) is 103 Å². The fourth-order valence-electron chi connectivity index (χ4n) is 6.23. The zero-order valence-corrected chi connectivity index (χ0v) is 22.5. The molecule has 6 nitrogen and oxygen atoms in total. The van der Waals surface area contributed by atoms with Crippen molar-refractivity contribution in [2.75, 3.05) is 39.3 Å². The molecule has 1 aromatic rings. The van der Waals surface area contributed by atoms with Gasteiger partial charge in [0.05, 0.1) is 18.2 Å². The van der Waals surface area contributed by atoms with Crippen LogP contribution in [0.1, 0.15) is 101 Å². The van der Waals surface area contributed by atoms with E-state index in [1.165, 1.54) is 19.3 Å². The fourth-order valence-corrected chi connectivity index (χ4v) is 6.23. The summed E-state index contributed by atoms with van der Waals surface area (Å²) in [6, 6.07) is 7.83. The zero-order valence-electron chi connectivity index (χ0n) is 22.5. The summed E-state index contributed by atoms with van der Waals surface area (Å²) < 4.78 is 6.69. The van der Waals surface area contributed by atoms with Crippen LogP contribution >= 0.6 is 0 Å². The summed E-state index contributed by atoms with van der Waals surface area (Å²) >= 11 is 0. The van der Waals surface area contributed by atoms with Crippen LogP contribution in [0, 0.1) is 0 Å². The van der Waals surface area contributed by atoms with Crippen LogP contribution in [0.5, 0.6) is 5.75 Å². The molecular weight excluding hydrogens is 450 g/mol. The third-order valence-corrected chi connectivity index (χ3v) is 8.20. The summed E-state index contributed by atoms with van der Waals surface area (Å²) in [6.07, 6.45) is 14.2. The second kappa shape index (κ2) is 14.0. The van der Waals surface area contributed by atoms with E-state index in [0.29, 0.717) is 17.9 Å². The lowest BCUT2D eigenvalue weighted by atomic mass is 9.90. The molecule has 0 spiro atoms. The average molecular weight is 498 g/mol. The second-order valence-corrected chi connectivity index (χ2v) is 11.0. The Morgan fingerprint density at radius 2 is 1.53 bits per heavy atom. The number of carbonyl (C=O) groups is 2. The SMILES string of the molecule is CCCN1CCCCCCCN(C(=O)CN2CCCCC2)[C@@H]2CCCC[C@@H]2Oc2ccccc2C1=O. The summed E-state index contributed by atoms with van der Waals surface area (Å²) in [5.41, 5.74) is 0.663. The predicted molar refractivity (Wildman–Crippen MR) is 144 cm³/mol. The number of hydrogen-bond acceptors (Lipinski definition) is 4. The fraction of sp³-hybridized carbons (Fsp3) is 0.733. The molecule has 1 aliphatic carbocycles. The van der Waals surface area contributed by atoms with Crippen LogP contribution in [0.3, 0.4) is 0 Å². The minimum Gasteiger partial charge on any atom is -0.487 e. The zero-order chi connectivity index (χ0) is 25.2. The van der Waals surface area contributed by atoms with Gasteiger partial charge in [-0.1, -0.05) is 51.2 Å². The first-order valence-corrected chi connectivity index (χ1v) is 14.7. The number of fused-ring (bicyclic) bond motifs is 2. The largest absolute Gasteiger partial charge is 0.487 e. The molecule has 2 aliphatic heterocycles. The highest BCUT2D eigenvalue weighted by Crippen LogP contribution is 2.31.